The minimum absolute atomic E-state index is 0.121. The van der Waals surface area contributed by atoms with E-state index >= 15 is 0 Å². The van der Waals surface area contributed by atoms with Gasteiger partial charge in [0.2, 0.25) is 0 Å². The van der Waals surface area contributed by atoms with Crippen LogP contribution in [0.1, 0.15) is 38.0 Å². The van der Waals surface area contributed by atoms with Gasteiger partial charge < -0.3 is 9.82 Å². The molecule has 2 heterocycles. The highest BCUT2D eigenvalue weighted by Crippen LogP contribution is 2.23. The number of fused-ring (bicyclic) bond motifs is 2. The Hall–Kier alpha value is -3.68. The smallest absolute Gasteiger partial charge is 0.324 e. The molecule has 0 fully saturated rings. The van der Waals surface area contributed by atoms with Gasteiger partial charge in [-0.15, -0.1) is 0 Å². The normalized spacial score (nSPS) is 13.3. The van der Waals surface area contributed by atoms with Gasteiger partial charge in [-0.3, -0.25) is 14.2 Å². The number of aromatic amines is 1. The number of nitrogens with zero attached hydrogens (tertiary/aromatic N) is 2. The van der Waals surface area contributed by atoms with Crippen LogP contribution in [0.25, 0.3) is 11.0 Å². The van der Waals surface area contributed by atoms with E-state index < -0.39 is 17.8 Å². The molecule has 0 atom stereocenters. The van der Waals surface area contributed by atoms with Crippen molar-refractivity contribution in [1.29, 1.82) is 0 Å². The molecule has 8 heteroatoms. The molecule has 1 aromatic heterocycles. The molecule has 0 unspecified atom stereocenters. The van der Waals surface area contributed by atoms with Gasteiger partial charge in [0.15, 0.2) is 0 Å². The molecule has 26 heavy (non-hydrogen) atoms. The van der Waals surface area contributed by atoms with Crippen LogP contribution < -0.4 is 5.69 Å². The Morgan fingerprint density at radius 1 is 1.04 bits per heavy atom. The summed E-state index contributed by atoms with van der Waals surface area (Å²) in [6, 6.07) is 10.8. The lowest BCUT2D eigenvalue weighted by molar-refractivity contribution is -0.0584. The molecule has 1 aliphatic heterocycles. The van der Waals surface area contributed by atoms with Crippen LogP contribution in [0, 0.1) is 0 Å². The fourth-order valence-corrected chi connectivity index (χ4v) is 2.98. The van der Waals surface area contributed by atoms with Crippen molar-refractivity contribution in [3.05, 3.63) is 69.6 Å². The van der Waals surface area contributed by atoms with Crippen LogP contribution in [0.5, 0.6) is 0 Å². The van der Waals surface area contributed by atoms with E-state index in [2.05, 4.69) is 4.98 Å². The van der Waals surface area contributed by atoms with Crippen molar-refractivity contribution in [2.24, 2.45) is 0 Å². The first-order chi connectivity index (χ1) is 12.5. The number of amides is 2. The van der Waals surface area contributed by atoms with E-state index in [1.54, 1.807) is 25.1 Å². The summed E-state index contributed by atoms with van der Waals surface area (Å²) in [6.07, 6.45) is 0. The minimum atomic E-state index is -0.863. The Kier molecular flexibility index (Phi) is 3.47. The molecule has 0 spiro atoms. The van der Waals surface area contributed by atoms with Gasteiger partial charge in [-0.05, 0) is 37.3 Å². The summed E-state index contributed by atoms with van der Waals surface area (Å²) >= 11 is 0. The molecule has 8 nitrogen and oxygen atoms in total. The zero-order chi connectivity index (χ0) is 18.4. The largest absolute Gasteiger partial charge is 0.364 e. The van der Waals surface area contributed by atoms with Crippen molar-refractivity contribution in [2.45, 2.75) is 13.5 Å². The molecule has 0 radical (unpaired) electrons. The molecule has 0 aliphatic carbocycles. The molecule has 1 N–H and O–H groups in total. The number of nitrogens with one attached hydrogen (secondary N) is 1. The first-order valence-electron chi connectivity index (χ1n) is 7.94. The maximum Gasteiger partial charge on any atom is 0.364 e. The molecule has 3 aromatic rings. The minimum Gasteiger partial charge on any atom is -0.324 e. The Morgan fingerprint density at radius 2 is 1.69 bits per heavy atom. The highest BCUT2D eigenvalue weighted by molar-refractivity contribution is 6.21. The van der Waals surface area contributed by atoms with E-state index in [0.29, 0.717) is 22.6 Å². The second kappa shape index (κ2) is 5.69. The first-order valence-corrected chi connectivity index (χ1v) is 7.94. The van der Waals surface area contributed by atoms with Crippen molar-refractivity contribution < 1.29 is 19.2 Å². The summed E-state index contributed by atoms with van der Waals surface area (Å²) in [5.74, 6) is -2.24. The van der Waals surface area contributed by atoms with Crippen molar-refractivity contribution in [1.82, 2.24) is 14.6 Å². The van der Waals surface area contributed by atoms with E-state index in [1.165, 1.54) is 28.8 Å². The average Bonchev–Trinajstić information content (AvgIpc) is 3.09. The number of carbonyl (C=O) groups is 3. The maximum atomic E-state index is 12.4. The van der Waals surface area contributed by atoms with Crippen LogP contribution in [-0.4, -0.2) is 32.4 Å². The van der Waals surface area contributed by atoms with Crippen molar-refractivity contribution in [3.8, 4) is 0 Å². The van der Waals surface area contributed by atoms with Gasteiger partial charge in [0.05, 0.1) is 27.7 Å². The van der Waals surface area contributed by atoms with Crippen LogP contribution in [-0.2, 0) is 11.4 Å². The average molecular weight is 351 g/mol. The van der Waals surface area contributed by atoms with Gasteiger partial charge in [0.25, 0.3) is 11.8 Å². The Balaban J connectivity index is 1.65. The number of hydrogen-bond donors (Lipinski definition) is 1. The summed E-state index contributed by atoms with van der Waals surface area (Å²) in [7, 11) is 0. The number of H-pyrrole nitrogens is 1. The molecule has 130 valence electrons. The Morgan fingerprint density at radius 3 is 2.31 bits per heavy atom. The Bertz CT molecular complexity index is 1110. The molecule has 2 amide bonds. The van der Waals surface area contributed by atoms with Crippen LogP contribution >= 0.6 is 0 Å². The molecule has 0 bridgehead atoms. The topological polar surface area (TPSA) is 101 Å². The summed E-state index contributed by atoms with van der Waals surface area (Å²) in [5, 5.41) is 0.460. The maximum absolute atomic E-state index is 12.4. The number of imide groups is 1. The third-order valence-corrected chi connectivity index (χ3v) is 4.26. The van der Waals surface area contributed by atoms with Crippen LogP contribution in [0.15, 0.2) is 47.3 Å². The van der Waals surface area contributed by atoms with Gasteiger partial charge in [-0.2, -0.15) is 0 Å². The van der Waals surface area contributed by atoms with Crippen LogP contribution in [0.3, 0.4) is 0 Å². The number of aryl methyl sites for hydroxylation is 1. The number of hydrogen-bond acceptors (Lipinski definition) is 5. The van der Waals surface area contributed by atoms with Crippen molar-refractivity contribution in [3.63, 3.8) is 0 Å². The quantitative estimate of drug-likeness (QED) is 0.724. The van der Waals surface area contributed by atoms with Gasteiger partial charge >= 0.3 is 11.7 Å². The van der Waals surface area contributed by atoms with Gasteiger partial charge in [-0.1, -0.05) is 17.2 Å². The lowest BCUT2D eigenvalue weighted by Crippen LogP contribution is -2.32. The van der Waals surface area contributed by atoms with Crippen molar-refractivity contribution >= 4 is 28.8 Å². The lowest BCUT2D eigenvalue weighted by Gasteiger charge is -2.12. The van der Waals surface area contributed by atoms with E-state index in [-0.39, 0.29) is 22.4 Å². The molecule has 0 saturated heterocycles. The standard InChI is InChI=1S/C18H13N3O5/c1-2-20-14-9-10(7-8-13(14)19-18(20)25)17(24)26-21-15(22)11-5-3-4-6-12(11)16(21)23/h3-9H,2H2,1H3,(H,19,25). The van der Waals surface area contributed by atoms with Crippen molar-refractivity contribution in [2.75, 3.05) is 0 Å². The lowest BCUT2D eigenvalue weighted by atomic mass is 10.1. The van der Waals surface area contributed by atoms with Crippen LogP contribution in [0.4, 0.5) is 0 Å². The zero-order valence-electron chi connectivity index (χ0n) is 13.7. The predicted octanol–water partition coefficient (Wildman–Crippen LogP) is 1.72. The van der Waals surface area contributed by atoms with E-state index in [9.17, 15) is 19.2 Å². The molecule has 0 saturated carbocycles. The molecule has 2 aromatic carbocycles. The van der Waals surface area contributed by atoms with E-state index in [4.69, 9.17) is 4.84 Å². The molecule has 1 aliphatic rings. The SMILES string of the molecule is CCn1c(=O)[nH]c2ccc(C(=O)ON3C(=O)c4ccccc4C3=O)cc21. The number of aromatic nitrogens is 2. The monoisotopic (exact) mass is 351 g/mol. The van der Waals surface area contributed by atoms with Gasteiger partial charge in [0, 0.05) is 6.54 Å². The van der Waals surface area contributed by atoms with Gasteiger partial charge in [-0.25, -0.2) is 9.59 Å². The Labute approximate surface area is 146 Å². The van der Waals surface area contributed by atoms with E-state index in [1.807, 2.05) is 0 Å². The summed E-state index contributed by atoms with van der Waals surface area (Å²) < 4.78 is 1.47. The fraction of sp³-hybridized carbons (Fsp3) is 0.111. The number of rotatable bonds is 3. The number of carbonyl (C=O) groups excluding carboxylic acids is 3. The summed E-state index contributed by atoms with van der Waals surface area (Å²) in [5.41, 5.74) is 1.32. The second-order valence-corrected chi connectivity index (χ2v) is 5.74. The third kappa shape index (κ3) is 2.23. The number of hydroxylamine groups is 2. The number of imidazole rings is 1. The van der Waals surface area contributed by atoms with E-state index in [0.717, 1.165) is 0 Å². The summed E-state index contributed by atoms with van der Waals surface area (Å²) in [4.78, 5) is 56.5. The first kappa shape index (κ1) is 15.8. The van der Waals surface area contributed by atoms with Crippen LogP contribution in [0.2, 0.25) is 0 Å². The highest BCUT2D eigenvalue weighted by Gasteiger charge is 2.38. The molecule has 4 rings (SSSR count). The highest BCUT2D eigenvalue weighted by atomic mass is 16.7. The predicted molar refractivity (Wildman–Crippen MR) is 90.6 cm³/mol. The zero-order valence-corrected chi connectivity index (χ0v) is 13.7. The van der Waals surface area contributed by atoms with Gasteiger partial charge in [0.1, 0.15) is 0 Å². The number of benzene rings is 2. The summed E-state index contributed by atoms with van der Waals surface area (Å²) in [6.45, 7) is 2.23. The fourth-order valence-electron chi connectivity index (χ4n) is 2.98. The third-order valence-electron chi connectivity index (χ3n) is 4.26. The second-order valence-electron chi connectivity index (χ2n) is 5.74. The molecular formula is C18H13N3O5. The molecular weight excluding hydrogens is 338 g/mol.